The number of carbonyl (C=O) groups is 2. The first-order valence-electron chi connectivity index (χ1n) is 7.05. The minimum absolute atomic E-state index is 0.0610. The van der Waals surface area contributed by atoms with Crippen molar-refractivity contribution in [2.75, 3.05) is 26.7 Å². The first kappa shape index (κ1) is 15.1. The molecule has 0 aromatic rings. The Morgan fingerprint density at radius 2 is 2.00 bits per heavy atom. The first-order chi connectivity index (χ1) is 9.38. The van der Waals surface area contributed by atoms with Crippen molar-refractivity contribution in [3.8, 4) is 0 Å². The van der Waals surface area contributed by atoms with E-state index >= 15 is 0 Å². The molecule has 0 bridgehead atoms. The number of urea groups is 1. The van der Waals surface area contributed by atoms with Crippen LogP contribution in [-0.4, -0.2) is 76.9 Å². The van der Waals surface area contributed by atoms with Gasteiger partial charge in [0, 0.05) is 25.6 Å². The lowest BCUT2D eigenvalue weighted by molar-refractivity contribution is -0.141. The summed E-state index contributed by atoms with van der Waals surface area (Å²) >= 11 is 0. The molecule has 2 heterocycles. The highest BCUT2D eigenvalue weighted by Gasteiger charge is 2.40. The highest BCUT2D eigenvalue weighted by molar-refractivity contribution is 5.83. The van der Waals surface area contributed by atoms with Crippen LogP contribution in [0, 0.1) is 5.92 Å². The van der Waals surface area contributed by atoms with Gasteiger partial charge >= 0.3 is 12.0 Å². The molecule has 0 saturated carbocycles. The lowest BCUT2D eigenvalue weighted by Crippen LogP contribution is -2.54. The van der Waals surface area contributed by atoms with E-state index in [1.165, 1.54) is 4.90 Å². The number of nitrogens with one attached hydrogen (secondary N) is 1. The number of carbonyl (C=O) groups excluding carboxylic acids is 1. The number of nitrogens with zero attached hydrogens (tertiary/aromatic N) is 2. The summed E-state index contributed by atoms with van der Waals surface area (Å²) in [7, 11) is 2.05. The van der Waals surface area contributed by atoms with Crippen LogP contribution in [0.4, 0.5) is 4.79 Å². The van der Waals surface area contributed by atoms with E-state index in [1.54, 1.807) is 0 Å². The minimum Gasteiger partial charge on any atom is -0.480 e. The number of aliphatic hydroxyl groups is 1. The maximum Gasteiger partial charge on any atom is 0.326 e. The number of β-amino-alcohol motifs (C(OH)–C–C–N with tert-alkyl or cyclic N) is 1. The number of hydrogen-bond donors (Lipinski definition) is 3. The van der Waals surface area contributed by atoms with Crippen LogP contribution in [0.15, 0.2) is 0 Å². The summed E-state index contributed by atoms with van der Waals surface area (Å²) in [6.07, 6.45) is 0.209. The standard InChI is InChI=1S/C13H23N3O4/c1-8-6-15(2)4-3-10(8)14-13(20)16-7-9(17)5-11(16)12(18)19/h8-11,17H,3-7H2,1-2H3,(H,14,20)(H,18,19)/t8?,9?,10?,11-/m0/s1. The third-order valence-electron chi connectivity index (χ3n) is 4.24. The third-order valence-corrected chi connectivity index (χ3v) is 4.24. The minimum atomic E-state index is -1.06. The van der Waals surface area contributed by atoms with Crippen molar-refractivity contribution >= 4 is 12.0 Å². The maximum atomic E-state index is 12.2. The number of carboxylic acid groups (broad SMARTS) is 1. The molecule has 2 amide bonds. The number of carboxylic acids is 1. The summed E-state index contributed by atoms with van der Waals surface area (Å²) in [5, 5.41) is 21.6. The molecular formula is C13H23N3O4. The molecule has 20 heavy (non-hydrogen) atoms. The molecule has 3 unspecified atom stereocenters. The van der Waals surface area contributed by atoms with Gasteiger partial charge in [-0.3, -0.25) is 0 Å². The smallest absolute Gasteiger partial charge is 0.326 e. The molecule has 114 valence electrons. The molecule has 2 fully saturated rings. The molecular weight excluding hydrogens is 262 g/mol. The molecule has 7 heteroatoms. The van der Waals surface area contributed by atoms with E-state index in [2.05, 4.69) is 17.1 Å². The Hall–Kier alpha value is -1.34. The van der Waals surface area contributed by atoms with Crippen molar-refractivity contribution in [1.29, 1.82) is 0 Å². The maximum absolute atomic E-state index is 12.2. The van der Waals surface area contributed by atoms with E-state index in [1.807, 2.05) is 7.05 Å². The molecule has 2 saturated heterocycles. The molecule has 2 aliphatic rings. The largest absolute Gasteiger partial charge is 0.480 e. The fourth-order valence-electron chi connectivity index (χ4n) is 3.08. The predicted molar refractivity (Wildman–Crippen MR) is 72.4 cm³/mol. The Morgan fingerprint density at radius 1 is 1.30 bits per heavy atom. The van der Waals surface area contributed by atoms with Crippen LogP contribution in [0.2, 0.25) is 0 Å². The molecule has 4 atom stereocenters. The van der Waals surface area contributed by atoms with Gasteiger partial charge in [-0.2, -0.15) is 0 Å². The van der Waals surface area contributed by atoms with Crippen molar-refractivity contribution in [2.45, 2.75) is 38.0 Å². The van der Waals surface area contributed by atoms with Gasteiger partial charge in [0.2, 0.25) is 0 Å². The van der Waals surface area contributed by atoms with Gasteiger partial charge in [-0.25, -0.2) is 9.59 Å². The summed E-state index contributed by atoms with van der Waals surface area (Å²) in [6.45, 7) is 3.99. The number of piperidine rings is 1. The summed E-state index contributed by atoms with van der Waals surface area (Å²) < 4.78 is 0. The first-order valence-corrected chi connectivity index (χ1v) is 7.05. The van der Waals surface area contributed by atoms with Crippen LogP contribution < -0.4 is 5.32 Å². The number of rotatable bonds is 2. The van der Waals surface area contributed by atoms with Crippen LogP contribution >= 0.6 is 0 Å². The summed E-state index contributed by atoms with van der Waals surface area (Å²) in [5.74, 6) is -0.735. The Kier molecular flexibility index (Phi) is 4.49. The van der Waals surface area contributed by atoms with Crippen molar-refractivity contribution in [3.05, 3.63) is 0 Å². The lowest BCUT2D eigenvalue weighted by atomic mass is 9.94. The highest BCUT2D eigenvalue weighted by atomic mass is 16.4. The van der Waals surface area contributed by atoms with Gasteiger partial charge in [0.25, 0.3) is 0 Å². The number of amides is 2. The molecule has 0 aromatic heterocycles. The van der Waals surface area contributed by atoms with Gasteiger partial charge in [-0.15, -0.1) is 0 Å². The summed E-state index contributed by atoms with van der Waals surface area (Å²) in [4.78, 5) is 26.8. The van der Waals surface area contributed by atoms with Gasteiger partial charge in [0.1, 0.15) is 6.04 Å². The Balaban J connectivity index is 1.95. The van der Waals surface area contributed by atoms with Gasteiger partial charge in [-0.05, 0) is 25.9 Å². The van der Waals surface area contributed by atoms with E-state index in [4.69, 9.17) is 5.11 Å². The van der Waals surface area contributed by atoms with Gasteiger partial charge in [0.15, 0.2) is 0 Å². The zero-order valence-electron chi connectivity index (χ0n) is 12.0. The van der Waals surface area contributed by atoms with Crippen LogP contribution in [0.25, 0.3) is 0 Å². The predicted octanol–water partition coefficient (Wildman–Crippen LogP) is -0.444. The second kappa shape index (κ2) is 5.97. The van der Waals surface area contributed by atoms with Crippen LogP contribution in [-0.2, 0) is 4.79 Å². The van der Waals surface area contributed by atoms with Crippen LogP contribution in [0.3, 0.4) is 0 Å². The van der Waals surface area contributed by atoms with Crippen molar-refractivity contribution in [2.24, 2.45) is 5.92 Å². The molecule has 0 radical (unpaired) electrons. The van der Waals surface area contributed by atoms with Gasteiger partial charge in [-0.1, -0.05) is 6.92 Å². The highest BCUT2D eigenvalue weighted by Crippen LogP contribution is 2.20. The summed E-state index contributed by atoms with van der Waals surface area (Å²) in [6, 6.07) is -1.24. The number of aliphatic hydroxyl groups excluding tert-OH is 1. The quantitative estimate of drug-likeness (QED) is 0.639. The fourth-order valence-corrected chi connectivity index (χ4v) is 3.08. The molecule has 2 rings (SSSR count). The fraction of sp³-hybridized carbons (Fsp3) is 0.846. The molecule has 7 nitrogen and oxygen atoms in total. The SMILES string of the molecule is CC1CN(C)CCC1NC(=O)N1CC(O)C[C@H]1C(=O)O. The van der Waals surface area contributed by atoms with Crippen molar-refractivity contribution in [3.63, 3.8) is 0 Å². The number of aliphatic carboxylic acids is 1. The van der Waals surface area contributed by atoms with E-state index in [0.29, 0.717) is 5.92 Å². The Labute approximate surface area is 118 Å². The Bertz CT molecular complexity index is 390. The molecule has 0 aromatic carbocycles. The second-order valence-corrected chi connectivity index (χ2v) is 5.98. The summed E-state index contributed by atoms with van der Waals surface area (Å²) in [5.41, 5.74) is 0. The molecule has 0 spiro atoms. The van der Waals surface area contributed by atoms with E-state index in [-0.39, 0.29) is 25.0 Å². The molecule has 2 aliphatic heterocycles. The lowest BCUT2D eigenvalue weighted by Gasteiger charge is -2.36. The van der Waals surface area contributed by atoms with Crippen molar-refractivity contribution < 1.29 is 19.8 Å². The van der Waals surface area contributed by atoms with Crippen molar-refractivity contribution in [1.82, 2.24) is 15.1 Å². The van der Waals surface area contributed by atoms with E-state index in [9.17, 15) is 14.7 Å². The average molecular weight is 285 g/mol. The second-order valence-electron chi connectivity index (χ2n) is 5.98. The molecule has 0 aliphatic carbocycles. The van der Waals surface area contributed by atoms with Crippen LogP contribution in [0.5, 0.6) is 0 Å². The number of hydrogen-bond acceptors (Lipinski definition) is 4. The van der Waals surface area contributed by atoms with Gasteiger partial charge < -0.3 is 25.3 Å². The topological polar surface area (TPSA) is 93.1 Å². The van der Waals surface area contributed by atoms with E-state index < -0.39 is 18.1 Å². The third kappa shape index (κ3) is 3.21. The van der Waals surface area contributed by atoms with E-state index in [0.717, 1.165) is 19.5 Å². The zero-order valence-corrected chi connectivity index (χ0v) is 12.0. The zero-order chi connectivity index (χ0) is 14.9. The Morgan fingerprint density at radius 3 is 2.60 bits per heavy atom. The van der Waals surface area contributed by atoms with Gasteiger partial charge in [0.05, 0.1) is 6.10 Å². The monoisotopic (exact) mass is 285 g/mol. The molecule has 3 N–H and O–H groups in total. The van der Waals surface area contributed by atoms with Crippen LogP contribution in [0.1, 0.15) is 19.8 Å². The average Bonchev–Trinajstić information content (AvgIpc) is 2.75. The normalized spacial score (nSPS) is 35.0. The number of likely N-dealkylation sites (tertiary alicyclic amines) is 2.